The van der Waals surface area contributed by atoms with E-state index in [0.29, 0.717) is 12.2 Å². The monoisotopic (exact) mass is 345 g/mol. The van der Waals surface area contributed by atoms with E-state index in [1.54, 1.807) is 13.0 Å². The highest BCUT2D eigenvalue weighted by molar-refractivity contribution is 5.90. The molecule has 0 radical (unpaired) electrons. The molecule has 0 amide bonds. The van der Waals surface area contributed by atoms with Gasteiger partial charge in [-0.3, -0.25) is 5.01 Å². The summed E-state index contributed by atoms with van der Waals surface area (Å²) in [5.41, 5.74) is 2.15. The van der Waals surface area contributed by atoms with Crippen LogP contribution in [0, 0.1) is 0 Å². The summed E-state index contributed by atoms with van der Waals surface area (Å²) in [4.78, 5) is 12.1. The van der Waals surface area contributed by atoms with Crippen molar-refractivity contribution in [2.75, 3.05) is 19.7 Å². The highest BCUT2D eigenvalue weighted by Crippen LogP contribution is 2.38. The first-order valence-corrected chi connectivity index (χ1v) is 9.34. The lowest BCUT2D eigenvalue weighted by molar-refractivity contribution is 0.0525. The van der Waals surface area contributed by atoms with Crippen molar-refractivity contribution in [3.05, 3.63) is 29.3 Å². The van der Waals surface area contributed by atoms with Gasteiger partial charge in [0.1, 0.15) is 0 Å². The second-order valence-electron chi connectivity index (χ2n) is 6.80. The Labute approximate surface area is 148 Å². The summed E-state index contributed by atoms with van der Waals surface area (Å²) in [7, 11) is 0. The Bertz CT molecular complexity index is 626. The molecule has 136 valence electrons. The third kappa shape index (κ3) is 4.37. The number of esters is 1. The minimum atomic E-state index is -0.396. The largest absolute Gasteiger partial charge is 0.462 e. The molecule has 3 rings (SSSR count). The standard InChI is InChI=1S/C19H27N3O3/c1-2-25-19(24)14-9-10-17(20-21-22-11-5-6-12-22)16(13-14)15-7-3-4-8-18(15)23/h9-10,13,15,18,23H,2-8,11-12H2,1H3/t15-,18+/m1/s1. The van der Waals surface area contributed by atoms with Crippen LogP contribution in [-0.4, -0.2) is 41.9 Å². The zero-order valence-electron chi connectivity index (χ0n) is 14.9. The van der Waals surface area contributed by atoms with E-state index in [9.17, 15) is 9.90 Å². The van der Waals surface area contributed by atoms with Gasteiger partial charge in [0.15, 0.2) is 0 Å². The molecule has 0 aromatic heterocycles. The number of aliphatic hydroxyl groups excluding tert-OH is 1. The lowest BCUT2D eigenvalue weighted by Gasteiger charge is -2.29. The molecule has 2 atom stereocenters. The van der Waals surface area contributed by atoms with E-state index in [-0.39, 0.29) is 11.9 Å². The molecule has 6 nitrogen and oxygen atoms in total. The average Bonchev–Trinajstić information content (AvgIpc) is 3.14. The smallest absolute Gasteiger partial charge is 0.338 e. The zero-order chi connectivity index (χ0) is 17.6. The van der Waals surface area contributed by atoms with Crippen LogP contribution in [-0.2, 0) is 4.74 Å². The van der Waals surface area contributed by atoms with Crippen LogP contribution in [0.5, 0.6) is 0 Å². The van der Waals surface area contributed by atoms with Crippen molar-refractivity contribution in [3.8, 4) is 0 Å². The van der Waals surface area contributed by atoms with Crippen molar-refractivity contribution in [2.24, 2.45) is 10.3 Å². The highest BCUT2D eigenvalue weighted by Gasteiger charge is 2.27. The topological polar surface area (TPSA) is 74.5 Å². The Morgan fingerprint density at radius 1 is 1.24 bits per heavy atom. The second kappa shape index (κ2) is 8.43. The van der Waals surface area contributed by atoms with Crippen LogP contribution in [0.4, 0.5) is 5.69 Å². The van der Waals surface area contributed by atoms with Crippen LogP contribution in [0.2, 0.25) is 0 Å². The second-order valence-corrected chi connectivity index (χ2v) is 6.80. The molecule has 1 aliphatic heterocycles. The molecule has 0 spiro atoms. The molecule has 0 unspecified atom stereocenters. The number of carbonyl (C=O) groups excluding carboxylic acids is 1. The Kier molecular flexibility index (Phi) is 6.02. The van der Waals surface area contributed by atoms with Gasteiger partial charge in [0.25, 0.3) is 0 Å². The summed E-state index contributed by atoms with van der Waals surface area (Å²) < 4.78 is 5.11. The highest BCUT2D eigenvalue weighted by atomic mass is 16.5. The SMILES string of the molecule is CCOC(=O)c1ccc(N=NN2CCCC2)c([C@H]2CCCC[C@@H]2O)c1. The van der Waals surface area contributed by atoms with E-state index < -0.39 is 6.10 Å². The fourth-order valence-electron chi connectivity index (χ4n) is 3.66. The number of nitrogens with zero attached hydrogens (tertiary/aromatic N) is 3. The first-order valence-electron chi connectivity index (χ1n) is 9.34. The van der Waals surface area contributed by atoms with Gasteiger partial charge in [0.2, 0.25) is 0 Å². The molecule has 6 heteroatoms. The maximum absolute atomic E-state index is 12.1. The minimum absolute atomic E-state index is 0.00402. The molecular formula is C19H27N3O3. The van der Waals surface area contributed by atoms with Crippen LogP contribution >= 0.6 is 0 Å². The summed E-state index contributed by atoms with van der Waals surface area (Å²) in [6, 6.07) is 5.38. The number of hydrogen-bond donors (Lipinski definition) is 1. The molecule has 1 saturated heterocycles. The van der Waals surface area contributed by atoms with Gasteiger partial charge in [-0.25, -0.2) is 4.79 Å². The lowest BCUT2D eigenvalue weighted by Crippen LogP contribution is -2.23. The number of hydrogen-bond acceptors (Lipinski definition) is 5. The average molecular weight is 345 g/mol. The van der Waals surface area contributed by atoms with Gasteiger partial charge in [-0.05, 0) is 56.4 Å². The summed E-state index contributed by atoms with van der Waals surface area (Å²) in [6.45, 7) is 4.01. The van der Waals surface area contributed by atoms with E-state index in [4.69, 9.17) is 4.74 Å². The van der Waals surface area contributed by atoms with Gasteiger partial charge in [0.05, 0.1) is 24.0 Å². The third-order valence-electron chi connectivity index (χ3n) is 5.03. The van der Waals surface area contributed by atoms with Crippen molar-refractivity contribution in [3.63, 3.8) is 0 Å². The third-order valence-corrected chi connectivity index (χ3v) is 5.03. The van der Waals surface area contributed by atoms with Crippen molar-refractivity contribution < 1.29 is 14.6 Å². The Hall–Kier alpha value is -1.95. The van der Waals surface area contributed by atoms with Crippen molar-refractivity contribution in [1.29, 1.82) is 0 Å². The Morgan fingerprint density at radius 3 is 2.72 bits per heavy atom. The van der Waals surface area contributed by atoms with Crippen molar-refractivity contribution in [1.82, 2.24) is 5.01 Å². The number of aliphatic hydroxyl groups is 1. The first kappa shape index (κ1) is 17.9. The molecule has 2 aliphatic rings. The van der Waals surface area contributed by atoms with Crippen molar-refractivity contribution in [2.45, 2.75) is 57.5 Å². The van der Waals surface area contributed by atoms with Gasteiger partial charge in [0, 0.05) is 19.0 Å². The molecule has 0 bridgehead atoms. The molecule has 1 saturated carbocycles. The van der Waals surface area contributed by atoms with E-state index in [2.05, 4.69) is 10.3 Å². The minimum Gasteiger partial charge on any atom is -0.462 e. The van der Waals surface area contributed by atoms with Crippen LogP contribution in [0.25, 0.3) is 0 Å². The van der Waals surface area contributed by atoms with Crippen LogP contribution in [0.1, 0.15) is 67.3 Å². The van der Waals surface area contributed by atoms with Gasteiger partial charge in [-0.2, -0.15) is 0 Å². The summed E-state index contributed by atoms with van der Waals surface area (Å²) in [5.74, 6) is -0.340. The predicted molar refractivity (Wildman–Crippen MR) is 94.9 cm³/mol. The van der Waals surface area contributed by atoms with E-state index in [1.807, 2.05) is 17.1 Å². The Morgan fingerprint density at radius 2 is 2.00 bits per heavy atom. The number of carbonyl (C=O) groups is 1. The van der Waals surface area contributed by atoms with Gasteiger partial charge in [-0.15, -0.1) is 5.11 Å². The molecule has 1 aliphatic carbocycles. The summed E-state index contributed by atoms with van der Waals surface area (Å²) in [6.07, 6.45) is 5.71. The molecule has 2 fully saturated rings. The first-order chi connectivity index (χ1) is 12.2. The van der Waals surface area contributed by atoms with E-state index in [0.717, 1.165) is 62.9 Å². The van der Waals surface area contributed by atoms with Gasteiger partial charge < -0.3 is 9.84 Å². The Balaban J connectivity index is 1.90. The van der Waals surface area contributed by atoms with E-state index in [1.165, 1.54) is 0 Å². The predicted octanol–water partition coefficient (Wildman–Crippen LogP) is 3.98. The van der Waals surface area contributed by atoms with E-state index >= 15 is 0 Å². The fourth-order valence-corrected chi connectivity index (χ4v) is 3.66. The fraction of sp³-hybridized carbons (Fsp3) is 0.632. The summed E-state index contributed by atoms with van der Waals surface area (Å²) in [5, 5.41) is 21.2. The van der Waals surface area contributed by atoms with Crippen molar-refractivity contribution >= 4 is 11.7 Å². The lowest BCUT2D eigenvalue weighted by atomic mass is 9.80. The molecule has 1 N–H and O–H groups in total. The van der Waals surface area contributed by atoms with Crippen LogP contribution in [0.3, 0.4) is 0 Å². The molecule has 1 heterocycles. The maximum Gasteiger partial charge on any atom is 0.338 e. The molecule has 25 heavy (non-hydrogen) atoms. The summed E-state index contributed by atoms with van der Waals surface area (Å²) >= 11 is 0. The quantitative estimate of drug-likeness (QED) is 0.647. The molecule has 1 aromatic rings. The van der Waals surface area contributed by atoms with Gasteiger partial charge in [-0.1, -0.05) is 18.1 Å². The zero-order valence-corrected chi connectivity index (χ0v) is 14.9. The number of ether oxygens (including phenoxy) is 1. The van der Waals surface area contributed by atoms with Gasteiger partial charge >= 0.3 is 5.97 Å². The number of benzene rings is 1. The normalized spacial score (nSPS) is 24.0. The maximum atomic E-state index is 12.1. The van der Waals surface area contributed by atoms with Crippen LogP contribution < -0.4 is 0 Å². The molecule has 1 aromatic carbocycles. The van der Waals surface area contributed by atoms with Crippen LogP contribution in [0.15, 0.2) is 28.5 Å². The molecular weight excluding hydrogens is 318 g/mol. The number of rotatable bonds is 5.